The molecule has 1 atom stereocenters. The molecule has 0 unspecified atom stereocenters. The molecular formula is C37H44P2. The van der Waals surface area contributed by atoms with Crippen LogP contribution in [-0.4, -0.2) is 17.0 Å². The lowest BCUT2D eigenvalue weighted by atomic mass is 9.94. The maximum atomic E-state index is 2.56. The molecule has 0 saturated heterocycles. The molecule has 0 N–H and O–H groups in total. The summed E-state index contributed by atoms with van der Waals surface area (Å²) in [4.78, 5) is 0. The van der Waals surface area contributed by atoms with Gasteiger partial charge in [0.15, 0.2) is 0 Å². The summed E-state index contributed by atoms with van der Waals surface area (Å²) in [5, 5.41) is 2.97. The van der Waals surface area contributed by atoms with Gasteiger partial charge in [0.25, 0.3) is 0 Å². The van der Waals surface area contributed by atoms with Crippen LogP contribution in [0.1, 0.15) is 77.0 Å². The Kier molecular flexibility index (Phi) is 10.5. The molecule has 0 aliphatic heterocycles. The third-order valence-corrected chi connectivity index (χ3v) is 15.7. The van der Waals surface area contributed by atoms with E-state index in [0.717, 1.165) is 11.3 Å². The number of hydrogen-bond acceptors (Lipinski definition) is 0. The molecule has 0 spiro atoms. The number of benzene rings is 2. The standard InChI is InChI=1S/C37H44P2/c1-5-18-31(19-6-1)38(32-20-7-2-8-21-32)36-27-15-26-35(36)37(29-28-30-16-13-14-17-30)39(33-22-9-3-10-23-33)34-24-11-4-12-25-34/h1-2,5-8,13-21,26-27,33-34,37H,3-4,9-12,22-25,28-29H2/t37-/m1/s1. The summed E-state index contributed by atoms with van der Waals surface area (Å²) in [6.07, 6.45) is 33.8. The van der Waals surface area contributed by atoms with Crippen molar-refractivity contribution in [3.63, 3.8) is 0 Å². The second-order valence-electron chi connectivity index (χ2n) is 11.8. The van der Waals surface area contributed by atoms with Gasteiger partial charge in [0.2, 0.25) is 0 Å². The van der Waals surface area contributed by atoms with Crippen molar-refractivity contribution < 1.29 is 0 Å². The summed E-state index contributed by atoms with van der Waals surface area (Å²) in [6.45, 7) is 0. The zero-order chi connectivity index (χ0) is 26.3. The van der Waals surface area contributed by atoms with Gasteiger partial charge < -0.3 is 0 Å². The molecule has 4 saturated carbocycles. The second-order valence-corrected chi connectivity index (χ2v) is 16.9. The molecule has 2 heteroatoms. The van der Waals surface area contributed by atoms with Crippen LogP contribution < -0.4 is 10.6 Å². The molecule has 2 aromatic carbocycles. The SMILES string of the molecule is [CH]1[CH][CH][C](CC[C@H]([C]2[CH][CH][CH][C]2P(c2ccccc2)c2ccccc2)P(C2CCCCC2)C2CCCCC2)[CH]1. The lowest BCUT2D eigenvalue weighted by molar-refractivity contribution is 0.479. The van der Waals surface area contributed by atoms with Crippen LogP contribution in [0.5, 0.6) is 0 Å². The van der Waals surface area contributed by atoms with Crippen LogP contribution in [0.2, 0.25) is 0 Å². The van der Waals surface area contributed by atoms with E-state index >= 15 is 0 Å². The first-order valence-corrected chi connectivity index (χ1v) is 18.4. The van der Waals surface area contributed by atoms with Gasteiger partial charge in [0.1, 0.15) is 0 Å². The Balaban J connectivity index is 1.36. The van der Waals surface area contributed by atoms with Crippen molar-refractivity contribution in [3.8, 4) is 0 Å². The fraction of sp³-hybridized carbons (Fsp3) is 0.405. The highest BCUT2D eigenvalue weighted by Gasteiger charge is 2.47. The highest BCUT2D eigenvalue weighted by molar-refractivity contribution is 7.76. The lowest BCUT2D eigenvalue weighted by Crippen LogP contribution is -2.32. The second kappa shape index (κ2) is 14.5. The number of hydrogen-bond donors (Lipinski definition) is 0. The fourth-order valence-corrected chi connectivity index (χ4v) is 14.5. The highest BCUT2D eigenvalue weighted by Crippen LogP contribution is 2.68. The van der Waals surface area contributed by atoms with E-state index in [2.05, 4.69) is 106 Å². The molecule has 2 aromatic rings. The smallest absolute Gasteiger partial charge is 0.0201 e. The van der Waals surface area contributed by atoms with E-state index < -0.39 is 7.92 Å². The third kappa shape index (κ3) is 7.03. The van der Waals surface area contributed by atoms with Gasteiger partial charge >= 0.3 is 0 Å². The zero-order valence-corrected chi connectivity index (χ0v) is 25.2. The van der Waals surface area contributed by atoms with Crippen molar-refractivity contribution in [2.75, 3.05) is 0 Å². The quantitative estimate of drug-likeness (QED) is 0.258. The zero-order valence-electron chi connectivity index (χ0n) is 23.4. The average Bonchev–Trinajstić information content (AvgIpc) is 3.71. The van der Waals surface area contributed by atoms with Crippen molar-refractivity contribution in [1.29, 1.82) is 0 Å². The molecule has 39 heavy (non-hydrogen) atoms. The van der Waals surface area contributed by atoms with E-state index in [1.165, 1.54) is 93.6 Å². The maximum absolute atomic E-state index is 2.56. The first-order valence-electron chi connectivity index (χ1n) is 15.5. The summed E-state index contributed by atoms with van der Waals surface area (Å²) >= 11 is 0. The first-order chi connectivity index (χ1) is 19.4. The van der Waals surface area contributed by atoms with Gasteiger partial charge in [-0.15, -0.1) is 0 Å². The van der Waals surface area contributed by atoms with Crippen molar-refractivity contribution in [2.24, 2.45) is 0 Å². The molecule has 0 heterocycles. The summed E-state index contributed by atoms with van der Waals surface area (Å²) in [5.41, 5.74) is 4.27. The Morgan fingerprint density at radius 3 is 1.67 bits per heavy atom. The molecule has 4 aliphatic carbocycles. The summed E-state index contributed by atoms with van der Waals surface area (Å²) < 4.78 is 0. The van der Waals surface area contributed by atoms with E-state index in [1.54, 1.807) is 11.6 Å². The van der Waals surface area contributed by atoms with E-state index in [1.807, 2.05) is 0 Å². The van der Waals surface area contributed by atoms with Crippen LogP contribution >= 0.6 is 15.8 Å². The fourth-order valence-electron chi connectivity index (χ4n) is 7.41. The van der Waals surface area contributed by atoms with Crippen molar-refractivity contribution in [1.82, 2.24) is 0 Å². The van der Waals surface area contributed by atoms with E-state index in [-0.39, 0.29) is 7.92 Å². The molecule has 4 aliphatic rings. The summed E-state index contributed by atoms with van der Waals surface area (Å²) in [7, 11) is -0.628. The number of rotatable bonds is 10. The molecule has 10 radical (unpaired) electrons. The minimum absolute atomic E-state index is 0.0612. The minimum Gasteiger partial charge on any atom is -0.0965 e. The highest BCUT2D eigenvalue weighted by atomic mass is 31.1. The molecular weight excluding hydrogens is 506 g/mol. The first kappa shape index (κ1) is 28.4. The molecule has 0 nitrogen and oxygen atoms in total. The topological polar surface area (TPSA) is 0 Å². The van der Waals surface area contributed by atoms with Crippen LogP contribution in [-0.2, 0) is 0 Å². The molecule has 4 fully saturated rings. The minimum atomic E-state index is -0.567. The van der Waals surface area contributed by atoms with Gasteiger partial charge in [0, 0.05) is 5.66 Å². The molecule has 202 valence electrons. The Labute approximate surface area is 243 Å². The van der Waals surface area contributed by atoms with Gasteiger partial charge in [-0.1, -0.05) is 107 Å². The van der Waals surface area contributed by atoms with Gasteiger partial charge in [0.05, 0.1) is 0 Å². The average molecular weight is 551 g/mol. The maximum Gasteiger partial charge on any atom is 0.0201 e. The van der Waals surface area contributed by atoms with Crippen LogP contribution in [0.4, 0.5) is 0 Å². The van der Waals surface area contributed by atoms with Crippen LogP contribution in [0.3, 0.4) is 0 Å². The van der Waals surface area contributed by atoms with Gasteiger partial charge in [-0.2, -0.15) is 0 Å². The molecule has 0 amide bonds. The normalized spacial score (nSPS) is 23.7. The van der Waals surface area contributed by atoms with Crippen LogP contribution in [0.15, 0.2) is 60.7 Å². The van der Waals surface area contributed by atoms with E-state index in [9.17, 15) is 0 Å². The predicted octanol–water partition coefficient (Wildman–Crippen LogP) is 9.55. The van der Waals surface area contributed by atoms with Gasteiger partial charge in [-0.3, -0.25) is 0 Å². The van der Waals surface area contributed by atoms with Gasteiger partial charge in [-0.05, 0) is 131 Å². The Morgan fingerprint density at radius 2 is 1.13 bits per heavy atom. The molecule has 0 bridgehead atoms. The molecule has 0 aromatic heterocycles. The monoisotopic (exact) mass is 550 g/mol. The summed E-state index contributed by atoms with van der Waals surface area (Å²) in [6, 6.07) is 22.8. The summed E-state index contributed by atoms with van der Waals surface area (Å²) in [5.74, 6) is 3.24. The van der Waals surface area contributed by atoms with E-state index in [0.29, 0.717) is 5.66 Å². The Bertz CT molecular complexity index is 898. The molecule has 6 rings (SSSR count). The Morgan fingerprint density at radius 1 is 0.590 bits per heavy atom. The van der Waals surface area contributed by atoms with Gasteiger partial charge in [-0.25, -0.2) is 0 Å². The van der Waals surface area contributed by atoms with Crippen molar-refractivity contribution >= 4 is 26.5 Å². The largest absolute Gasteiger partial charge is 0.0965 e. The van der Waals surface area contributed by atoms with Crippen molar-refractivity contribution in [2.45, 2.75) is 94.0 Å². The van der Waals surface area contributed by atoms with E-state index in [4.69, 9.17) is 0 Å². The third-order valence-electron chi connectivity index (χ3n) is 9.25. The van der Waals surface area contributed by atoms with Crippen LogP contribution in [0, 0.1) is 62.4 Å². The van der Waals surface area contributed by atoms with Crippen LogP contribution in [0.25, 0.3) is 0 Å². The Hall–Kier alpha value is -0.700. The predicted molar refractivity (Wildman–Crippen MR) is 173 cm³/mol. The lowest BCUT2D eigenvalue weighted by Gasteiger charge is -2.47. The van der Waals surface area contributed by atoms with Crippen molar-refractivity contribution in [3.05, 3.63) is 123 Å².